The van der Waals surface area contributed by atoms with Gasteiger partial charge in [-0.15, -0.1) is 11.3 Å². The van der Waals surface area contributed by atoms with Gasteiger partial charge in [0.15, 0.2) is 5.13 Å². The molecule has 1 aliphatic heterocycles. The van der Waals surface area contributed by atoms with Gasteiger partial charge in [-0.25, -0.2) is 9.37 Å². The van der Waals surface area contributed by atoms with E-state index < -0.39 is 5.82 Å². The normalized spacial score (nSPS) is 14.2. The summed E-state index contributed by atoms with van der Waals surface area (Å²) in [5.41, 5.74) is 2.92. The number of anilines is 2. The largest absolute Gasteiger partial charge is 0.348 e. The number of piperidine rings is 1. The number of rotatable bonds is 4. The van der Waals surface area contributed by atoms with Crippen LogP contribution in [0.25, 0.3) is 11.3 Å². The van der Waals surface area contributed by atoms with Crippen LogP contribution in [0.1, 0.15) is 29.6 Å². The molecule has 1 amide bonds. The van der Waals surface area contributed by atoms with E-state index in [1.807, 2.05) is 24.3 Å². The number of benzene rings is 2. The molecule has 4 nitrogen and oxygen atoms in total. The number of hydrogen-bond donors (Lipinski definition) is 1. The molecule has 1 N–H and O–H groups in total. The van der Waals surface area contributed by atoms with Crippen molar-refractivity contribution in [3.05, 3.63) is 65.3 Å². The fourth-order valence-electron chi connectivity index (χ4n) is 3.18. The summed E-state index contributed by atoms with van der Waals surface area (Å²) >= 11 is 1.67. The van der Waals surface area contributed by atoms with Crippen molar-refractivity contribution in [1.82, 2.24) is 4.98 Å². The number of halogens is 1. The van der Waals surface area contributed by atoms with Crippen molar-refractivity contribution in [3.8, 4) is 11.3 Å². The van der Waals surface area contributed by atoms with E-state index in [0.717, 1.165) is 29.5 Å². The molecule has 0 atom stereocenters. The zero-order chi connectivity index (χ0) is 18.6. The smallest absolute Gasteiger partial charge is 0.255 e. The molecule has 27 heavy (non-hydrogen) atoms. The third kappa shape index (κ3) is 4.17. The Labute approximate surface area is 161 Å². The molecule has 6 heteroatoms. The number of carbonyl (C=O) groups excluding carboxylic acids is 1. The third-order valence-corrected chi connectivity index (χ3v) is 5.55. The zero-order valence-electron chi connectivity index (χ0n) is 14.8. The lowest BCUT2D eigenvalue weighted by atomic mass is 10.1. The van der Waals surface area contributed by atoms with Crippen LogP contribution in [0, 0.1) is 5.82 Å². The first-order valence-electron chi connectivity index (χ1n) is 9.07. The highest BCUT2D eigenvalue weighted by Gasteiger charge is 2.15. The maximum atomic E-state index is 13.3. The van der Waals surface area contributed by atoms with Crippen molar-refractivity contribution in [2.75, 3.05) is 23.3 Å². The van der Waals surface area contributed by atoms with Crippen LogP contribution in [0.15, 0.2) is 53.9 Å². The number of nitrogens with zero attached hydrogens (tertiary/aromatic N) is 2. The zero-order valence-corrected chi connectivity index (χ0v) is 15.6. The number of nitrogens with one attached hydrogen (secondary N) is 1. The fraction of sp³-hybridized carbons (Fsp3) is 0.238. The summed E-state index contributed by atoms with van der Waals surface area (Å²) < 4.78 is 13.3. The van der Waals surface area contributed by atoms with Gasteiger partial charge in [0.05, 0.1) is 5.69 Å². The molecule has 0 aliphatic carbocycles. The van der Waals surface area contributed by atoms with Gasteiger partial charge in [0.25, 0.3) is 5.91 Å². The Morgan fingerprint density at radius 2 is 1.85 bits per heavy atom. The molecule has 0 saturated carbocycles. The minimum Gasteiger partial charge on any atom is -0.348 e. The second-order valence-electron chi connectivity index (χ2n) is 6.60. The van der Waals surface area contributed by atoms with Gasteiger partial charge < -0.3 is 10.2 Å². The first-order chi connectivity index (χ1) is 13.2. The second kappa shape index (κ2) is 7.88. The summed E-state index contributed by atoms with van der Waals surface area (Å²) in [6, 6.07) is 13.2. The Morgan fingerprint density at radius 1 is 1.07 bits per heavy atom. The van der Waals surface area contributed by atoms with Crippen LogP contribution in [0.5, 0.6) is 0 Å². The Hall–Kier alpha value is -2.73. The Bertz CT molecular complexity index is 933. The maximum absolute atomic E-state index is 13.3. The van der Waals surface area contributed by atoms with Crippen molar-refractivity contribution < 1.29 is 9.18 Å². The summed E-state index contributed by atoms with van der Waals surface area (Å²) in [5.74, 6) is -0.755. The Kier molecular flexibility index (Phi) is 5.16. The number of carbonyl (C=O) groups is 1. The lowest BCUT2D eigenvalue weighted by Crippen LogP contribution is -2.29. The summed E-state index contributed by atoms with van der Waals surface area (Å²) in [6.45, 7) is 2.16. The van der Waals surface area contributed by atoms with Gasteiger partial charge in [0, 0.05) is 35.3 Å². The minimum absolute atomic E-state index is 0.296. The van der Waals surface area contributed by atoms with Crippen LogP contribution in [-0.2, 0) is 0 Å². The quantitative estimate of drug-likeness (QED) is 0.676. The van der Waals surface area contributed by atoms with Gasteiger partial charge in [-0.1, -0.05) is 18.2 Å². The van der Waals surface area contributed by atoms with Crippen molar-refractivity contribution in [2.24, 2.45) is 0 Å². The van der Waals surface area contributed by atoms with E-state index in [2.05, 4.69) is 15.6 Å². The molecule has 4 rings (SSSR count). The fourth-order valence-corrected chi connectivity index (χ4v) is 4.07. The van der Waals surface area contributed by atoms with Crippen LogP contribution >= 0.6 is 11.3 Å². The lowest BCUT2D eigenvalue weighted by Gasteiger charge is -2.25. The van der Waals surface area contributed by atoms with Gasteiger partial charge in [-0.3, -0.25) is 4.79 Å². The van der Waals surface area contributed by atoms with E-state index in [0.29, 0.717) is 11.3 Å². The van der Waals surface area contributed by atoms with Crippen molar-refractivity contribution in [1.29, 1.82) is 0 Å². The molecular weight excluding hydrogens is 361 g/mol. The van der Waals surface area contributed by atoms with Crippen LogP contribution < -0.4 is 10.2 Å². The van der Waals surface area contributed by atoms with E-state index >= 15 is 0 Å². The predicted molar refractivity (Wildman–Crippen MR) is 108 cm³/mol. The van der Waals surface area contributed by atoms with Gasteiger partial charge >= 0.3 is 0 Å². The maximum Gasteiger partial charge on any atom is 0.255 e. The molecule has 2 heterocycles. The summed E-state index contributed by atoms with van der Waals surface area (Å²) in [7, 11) is 0. The Morgan fingerprint density at radius 3 is 2.59 bits per heavy atom. The lowest BCUT2D eigenvalue weighted by molar-refractivity contribution is 0.102. The highest BCUT2D eigenvalue weighted by molar-refractivity contribution is 7.14. The molecule has 2 aromatic carbocycles. The summed E-state index contributed by atoms with van der Waals surface area (Å²) in [6.07, 6.45) is 3.76. The average molecular weight is 381 g/mol. The van der Waals surface area contributed by atoms with E-state index in [-0.39, 0.29) is 5.91 Å². The van der Waals surface area contributed by atoms with Crippen molar-refractivity contribution in [3.63, 3.8) is 0 Å². The molecule has 1 aromatic heterocycles. The van der Waals surface area contributed by atoms with Gasteiger partial charge in [-0.05, 0) is 49.6 Å². The molecule has 0 unspecified atom stereocenters. The number of aromatic nitrogens is 1. The molecule has 138 valence electrons. The van der Waals surface area contributed by atoms with E-state index in [1.165, 1.54) is 37.5 Å². The highest BCUT2D eigenvalue weighted by atomic mass is 32.1. The van der Waals surface area contributed by atoms with Crippen LogP contribution in [0.4, 0.5) is 15.2 Å². The number of amides is 1. The van der Waals surface area contributed by atoms with E-state index in [4.69, 9.17) is 4.98 Å². The molecule has 1 saturated heterocycles. The summed E-state index contributed by atoms with van der Waals surface area (Å²) in [4.78, 5) is 19.3. The average Bonchev–Trinajstić information content (AvgIpc) is 3.19. The van der Waals surface area contributed by atoms with Gasteiger partial charge in [0.2, 0.25) is 0 Å². The molecule has 1 fully saturated rings. The topological polar surface area (TPSA) is 45.2 Å². The van der Waals surface area contributed by atoms with Crippen molar-refractivity contribution in [2.45, 2.75) is 19.3 Å². The highest BCUT2D eigenvalue weighted by Crippen LogP contribution is 2.29. The monoisotopic (exact) mass is 381 g/mol. The van der Waals surface area contributed by atoms with E-state index in [9.17, 15) is 9.18 Å². The Balaban J connectivity index is 1.44. The van der Waals surface area contributed by atoms with Gasteiger partial charge in [-0.2, -0.15) is 0 Å². The number of thiazole rings is 1. The second-order valence-corrected chi connectivity index (χ2v) is 7.44. The van der Waals surface area contributed by atoms with Crippen LogP contribution in [0.3, 0.4) is 0 Å². The molecular formula is C21H20FN3OS. The van der Waals surface area contributed by atoms with Gasteiger partial charge in [0.1, 0.15) is 5.82 Å². The molecule has 0 spiro atoms. The van der Waals surface area contributed by atoms with E-state index in [1.54, 1.807) is 17.4 Å². The van der Waals surface area contributed by atoms with Crippen LogP contribution in [-0.4, -0.2) is 24.0 Å². The molecule has 1 aliphatic rings. The predicted octanol–water partition coefficient (Wildman–Crippen LogP) is 5.19. The first kappa shape index (κ1) is 17.7. The van der Waals surface area contributed by atoms with Crippen LogP contribution in [0.2, 0.25) is 0 Å². The van der Waals surface area contributed by atoms with Crippen molar-refractivity contribution >= 4 is 28.1 Å². The molecule has 3 aromatic rings. The molecule has 0 bridgehead atoms. The minimum atomic E-state index is -0.425. The number of hydrogen-bond acceptors (Lipinski definition) is 4. The summed E-state index contributed by atoms with van der Waals surface area (Å²) in [5, 5.41) is 5.94. The first-order valence-corrected chi connectivity index (χ1v) is 9.95. The standard InChI is InChI=1S/C21H20FN3OS/c22-17-6-4-5-16(13-17)20(26)23-18-9-7-15(8-10-18)19-14-27-21(24-19)25-11-2-1-3-12-25/h4-10,13-14H,1-3,11-12H2,(H,23,26). The third-order valence-electron chi connectivity index (χ3n) is 4.64. The molecule has 0 radical (unpaired) electrons. The SMILES string of the molecule is O=C(Nc1ccc(-c2csc(N3CCCCC3)n2)cc1)c1cccc(F)c1.